The van der Waals surface area contributed by atoms with Crippen molar-refractivity contribution in [3.05, 3.63) is 58.1 Å². The molecule has 21 heavy (non-hydrogen) atoms. The van der Waals surface area contributed by atoms with Gasteiger partial charge in [-0.1, -0.05) is 25.1 Å². The van der Waals surface area contributed by atoms with Crippen LogP contribution in [0.3, 0.4) is 0 Å². The van der Waals surface area contributed by atoms with Gasteiger partial charge in [0.05, 0.1) is 12.0 Å². The molecule has 2 aromatic carbocycles. The molecule has 0 radical (unpaired) electrons. The van der Waals surface area contributed by atoms with Gasteiger partial charge >= 0.3 is 0 Å². The van der Waals surface area contributed by atoms with Crippen molar-refractivity contribution >= 4 is 5.69 Å². The van der Waals surface area contributed by atoms with Gasteiger partial charge in [0.1, 0.15) is 5.75 Å². The molecule has 1 N–H and O–H groups in total. The summed E-state index contributed by atoms with van der Waals surface area (Å²) in [5, 5.41) is 14.2. The number of rotatable bonds is 6. The third kappa shape index (κ3) is 3.58. The second-order valence-corrected chi connectivity index (χ2v) is 4.61. The second kappa shape index (κ2) is 6.85. The highest BCUT2D eigenvalue weighted by Crippen LogP contribution is 2.29. The number of hydrogen-bond donors (Lipinski definition) is 1. The highest BCUT2D eigenvalue weighted by Gasteiger charge is 2.11. The number of nitrogens with one attached hydrogen (secondary N) is 1. The highest BCUT2D eigenvalue weighted by molar-refractivity contribution is 5.70. The summed E-state index contributed by atoms with van der Waals surface area (Å²) < 4.78 is 5.25. The summed E-state index contributed by atoms with van der Waals surface area (Å²) in [5.74, 6) is 0.775. The quantitative estimate of drug-likeness (QED) is 0.653. The molecule has 0 saturated carbocycles. The van der Waals surface area contributed by atoms with Crippen molar-refractivity contribution in [2.24, 2.45) is 0 Å². The molecule has 110 valence electrons. The van der Waals surface area contributed by atoms with Crippen molar-refractivity contribution in [3.63, 3.8) is 0 Å². The van der Waals surface area contributed by atoms with E-state index in [0.717, 1.165) is 29.0 Å². The zero-order valence-electron chi connectivity index (χ0n) is 12.1. The molecule has 0 aliphatic heterocycles. The average molecular weight is 286 g/mol. The Morgan fingerprint density at radius 1 is 1.24 bits per heavy atom. The van der Waals surface area contributed by atoms with Crippen molar-refractivity contribution in [2.75, 3.05) is 13.7 Å². The van der Waals surface area contributed by atoms with Gasteiger partial charge in [-0.3, -0.25) is 10.1 Å². The van der Waals surface area contributed by atoms with Crippen LogP contribution in [0.25, 0.3) is 11.1 Å². The summed E-state index contributed by atoms with van der Waals surface area (Å²) in [7, 11) is 1.62. The van der Waals surface area contributed by atoms with E-state index in [9.17, 15) is 10.1 Å². The molecule has 0 atom stereocenters. The standard InChI is InChI=1S/C16H18N2O3/c1-3-17-11-13-10-15(21-2)7-8-16(13)12-5-4-6-14(9-12)18(19)20/h4-10,17H,3,11H2,1-2H3. The van der Waals surface area contributed by atoms with Crippen molar-refractivity contribution < 1.29 is 9.66 Å². The van der Waals surface area contributed by atoms with Crippen molar-refractivity contribution in [1.82, 2.24) is 5.32 Å². The molecule has 0 bridgehead atoms. The van der Waals surface area contributed by atoms with E-state index in [1.54, 1.807) is 19.2 Å². The molecule has 2 aromatic rings. The first-order valence-corrected chi connectivity index (χ1v) is 6.78. The van der Waals surface area contributed by atoms with Gasteiger partial charge in [0, 0.05) is 18.7 Å². The monoisotopic (exact) mass is 286 g/mol. The molecule has 0 aliphatic carbocycles. The molecule has 2 rings (SSSR count). The summed E-state index contributed by atoms with van der Waals surface area (Å²) in [6.45, 7) is 3.57. The van der Waals surface area contributed by atoms with Crippen molar-refractivity contribution in [1.29, 1.82) is 0 Å². The van der Waals surface area contributed by atoms with Crippen LogP contribution < -0.4 is 10.1 Å². The fourth-order valence-electron chi connectivity index (χ4n) is 2.17. The van der Waals surface area contributed by atoms with Crippen LogP contribution in [0.2, 0.25) is 0 Å². The average Bonchev–Trinajstić information content (AvgIpc) is 2.52. The lowest BCUT2D eigenvalue weighted by atomic mass is 9.99. The Balaban J connectivity index is 2.46. The first-order chi connectivity index (χ1) is 10.2. The summed E-state index contributed by atoms with van der Waals surface area (Å²) >= 11 is 0. The Kier molecular flexibility index (Phi) is 4.90. The van der Waals surface area contributed by atoms with Crippen molar-refractivity contribution in [2.45, 2.75) is 13.5 Å². The van der Waals surface area contributed by atoms with Crippen LogP contribution in [0.15, 0.2) is 42.5 Å². The van der Waals surface area contributed by atoms with Crippen LogP contribution in [0.1, 0.15) is 12.5 Å². The second-order valence-electron chi connectivity index (χ2n) is 4.61. The molecule has 0 heterocycles. The SMILES string of the molecule is CCNCc1cc(OC)ccc1-c1cccc([N+](=O)[O-])c1. The number of methoxy groups -OCH3 is 1. The molecular formula is C16H18N2O3. The number of nitro groups is 1. The number of ether oxygens (including phenoxy) is 1. The van der Waals surface area contributed by atoms with Crippen LogP contribution in [-0.4, -0.2) is 18.6 Å². The van der Waals surface area contributed by atoms with E-state index in [1.165, 1.54) is 6.07 Å². The van der Waals surface area contributed by atoms with E-state index in [2.05, 4.69) is 5.32 Å². The summed E-state index contributed by atoms with van der Waals surface area (Å²) in [6, 6.07) is 12.4. The molecule has 5 heteroatoms. The highest BCUT2D eigenvalue weighted by atomic mass is 16.6. The Morgan fingerprint density at radius 2 is 2.05 bits per heavy atom. The third-order valence-electron chi connectivity index (χ3n) is 3.25. The van der Waals surface area contributed by atoms with E-state index < -0.39 is 0 Å². The Bertz CT molecular complexity index is 641. The fraction of sp³-hybridized carbons (Fsp3) is 0.250. The number of non-ortho nitro benzene ring substituents is 1. The molecular weight excluding hydrogens is 268 g/mol. The maximum Gasteiger partial charge on any atom is 0.270 e. The van der Waals surface area contributed by atoms with E-state index in [0.29, 0.717) is 6.54 Å². The van der Waals surface area contributed by atoms with E-state index in [-0.39, 0.29) is 10.6 Å². The fourth-order valence-corrected chi connectivity index (χ4v) is 2.17. The van der Waals surface area contributed by atoms with Crippen LogP contribution in [-0.2, 0) is 6.54 Å². The van der Waals surface area contributed by atoms with E-state index >= 15 is 0 Å². The smallest absolute Gasteiger partial charge is 0.270 e. The van der Waals surface area contributed by atoms with Gasteiger partial charge in [-0.25, -0.2) is 0 Å². The minimum atomic E-state index is -0.378. The van der Waals surface area contributed by atoms with Gasteiger partial charge in [-0.15, -0.1) is 0 Å². The molecule has 0 aromatic heterocycles. The van der Waals surface area contributed by atoms with Gasteiger partial charge in [-0.2, -0.15) is 0 Å². The number of nitro benzene ring substituents is 1. The molecule has 0 spiro atoms. The van der Waals surface area contributed by atoms with Gasteiger partial charge in [0.2, 0.25) is 0 Å². The zero-order valence-corrected chi connectivity index (χ0v) is 12.1. The van der Waals surface area contributed by atoms with Crippen molar-refractivity contribution in [3.8, 4) is 16.9 Å². The summed E-state index contributed by atoms with van der Waals surface area (Å²) in [6.07, 6.45) is 0. The number of nitrogens with zero attached hydrogens (tertiary/aromatic N) is 1. The Morgan fingerprint density at radius 3 is 2.71 bits per heavy atom. The Hall–Kier alpha value is -2.40. The maximum atomic E-state index is 10.9. The van der Waals surface area contributed by atoms with Crippen LogP contribution in [0.5, 0.6) is 5.75 Å². The molecule has 0 amide bonds. The predicted molar refractivity (Wildman–Crippen MR) is 82.5 cm³/mol. The summed E-state index contributed by atoms with van der Waals surface area (Å²) in [5.41, 5.74) is 2.95. The van der Waals surface area contributed by atoms with Crippen LogP contribution in [0, 0.1) is 10.1 Å². The van der Waals surface area contributed by atoms with E-state index in [1.807, 2.05) is 31.2 Å². The molecule has 0 saturated heterocycles. The van der Waals surface area contributed by atoms with Gasteiger partial charge in [0.15, 0.2) is 0 Å². The van der Waals surface area contributed by atoms with Gasteiger partial charge in [0.25, 0.3) is 5.69 Å². The number of hydrogen-bond acceptors (Lipinski definition) is 4. The lowest BCUT2D eigenvalue weighted by Crippen LogP contribution is -2.12. The topological polar surface area (TPSA) is 64.4 Å². The first-order valence-electron chi connectivity index (χ1n) is 6.78. The minimum absolute atomic E-state index is 0.0951. The van der Waals surface area contributed by atoms with E-state index in [4.69, 9.17) is 4.74 Å². The molecule has 0 aliphatic rings. The molecule has 0 unspecified atom stereocenters. The summed E-state index contributed by atoms with van der Waals surface area (Å²) in [4.78, 5) is 10.5. The maximum absolute atomic E-state index is 10.9. The first kappa shape index (κ1) is 15.0. The molecule has 5 nitrogen and oxygen atoms in total. The van der Waals surface area contributed by atoms with Gasteiger partial charge < -0.3 is 10.1 Å². The third-order valence-corrected chi connectivity index (χ3v) is 3.25. The normalized spacial score (nSPS) is 10.4. The van der Waals surface area contributed by atoms with Crippen LogP contribution in [0.4, 0.5) is 5.69 Å². The molecule has 0 fully saturated rings. The zero-order chi connectivity index (χ0) is 15.2. The lowest BCUT2D eigenvalue weighted by molar-refractivity contribution is -0.384. The minimum Gasteiger partial charge on any atom is -0.497 e. The van der Waals surface area contributed by atoms with Crippen LogP contribution >= 0.6 is 0 Å². The Labute approximate surface area is 123 Å². The predicted octanol–water partition coefficient (Wildman–Crippen LogP) is 3.38. The largest absolute Gasteiger partial charge is 0.497 e. The van der Waals surface area contributed by atoms with Gasteiger partial charge in [-0.05, 0) is 35.4 Å². The number of benzene rings is 2. The lowest BCUT2D eigenvalue weighted by Gasteiger charge is -2.12.